The van der Waals surface area contributed by atoms with Crippen molar-refractivity contribution in [1.82, 2.24) is 9.80 Å². The molecule has 2 spiro atoms. The molecule has 218 valence electrons. The predicted molar refractivity (Wildman–Crippen MR) is 154 cm³/mol. The number of benzene rings is 2. The third kappa shape index (κ3) is 2.48. The highest BCUT2D eigenvalue weighted by Gasteiger charge is 2.66. The summed E-state index contributed by atoms with van der Waals surface area (Å²) < 4.78 is 13.1. The van der Waals surface area contributed by atoms with Crippen molar-refractivity contribution in [3.05, 3.63) is 58.7 Å². The summed E-state index contributed by atoms with van der Waals surface area (Å²) in [5, 5.41) is 46.0. The summed E-state index contributed by atoms with van der Waals surface area (Å²) in [4.78, 5) is 4.83. The summed E-state index contributed by atoms with van der Waals surface area (Å²) in [6.45, 7) is 1.82. The molecule has 1 unspecified atom stereocenters. The lowest BCUT2D eigenvalue weighted by Gasteiger charge is -2.56. The average Bonchev–Trinajstić information content (AvgIpc) is 3.52. The third-order valence-corrected chi connectivity index (χ3v) is 12.8. The molecule has 4 bridgehead atoms. The number of aromatic hydroxyl groups is 2. The Hall–Kier alpha value is -3.04. The van der Waals surface area contributed by atoms with Gasteiger partial charge >= 0.3 is 0 Å². The van der Waals surface area contributed by atoms with Gasteiger partial charge in [0.1, 0.15) is 24.4 Å². The molecule has 4 heterocycles. The molecule has 2 aromatic carbocycles. The van der Waals surface area contributed by atoms with Crippen LogP contribution in [0.15, 0.2) is 36.4 Å². The highest BCUT2D eigenvalue weighted by Crippen LogP contribution is 2.67. The molecule has 10 atom stereocenters. The van der Waals surface area contributed by atoms with Gasteiger partial charge in [-0.3, -0.25) is 0 Å². The van der Waals surface area contributed by atoms with E-state index in [0.29, 0.717) is 22.6 Å². The molecule has 2 saturated heterocycles. The van der Waals surface area contributed by atoms with Crippen molar-refractivity contribution < 1.29 is 29.9 Å². The van der Waals surface area contributed by atoms with Gasteiger partial charge in [0, 0.05) is 57.0 Å². The van der Waals surface area contributed by atoms with Crippen molar-refractivity contribution in [3.63, 3.8) is 0 Å². The van der Waals surface area contributed by atoms with Crippen LogP contribution in [-0.4, -0.2) is 93.9 Å². The molecule has 10 rings (SSSR count). The Balaban J connectivity index is 1.19. The van der Waals surface area contributed by atoms with E-state index in [0.717, 1.165) is 61.0 Å². The second-order valence-electron chi connectivity index (χ2n) is 14.2. The quantitative estimate of drug-likeness (QED) is 0.389. The third-order valence-electron chi connectivity index (χ3n) is 12.8. The Morgan fingerprint density at radius 1 is 0.690 bits per heavy atom. The number of hydrogen-bond donors (Lipinski definition) is 4. The molecule has 8 aliphatic rings. The lowest BCUT2D eigenvalue weighted by Crippen LogP contribution is -2.64. The first kappa shape index (κ1) is 24.4. The van der Waals surface area contributed by atoms with E-state index in [-0.39, 0.29) is 46.2 Å². The van der Waals surface area contributed by atoms with E-state index in [4.69, 9.17) is 9.47 Å². The molecular formula is C34H36N2O6. The molecule has 8 heteroatoms. The first-order chi connectivity index (χ1) is 20.3. The first-order valence-corrected chi connectivity index (χ1v) is 15.5. The number of phenols is 2. The van der Waals surface area contributed by atoms with Gasteiger partial charge in [-0.15, -0.1) is 0 Å². The average molecular weight is 569 g/mol. The van der Waals surface area contributed by atoms with Crippen LogP contribution < -0.4 is 9.47 Å². The minimum Gasteiger partial charge on any atom is -0.504 e. The van der Waals surface area contributed by atoms with Crippen LogP contribution in [0.25, 0.3) is 11.1 Å². The van der Waals surface area contributed by atoms with Crippen molar-refractivity contribution in [2.75, 3.05) is 27.2 Å². The maximum atomic E-state index is 11.9. The summed E-state index contributed by atoms with van der Waals surface area (Å²) in [5.74, 6) is 1.38. The first-order valence-electron chi connectivity index (χ1n) is 15.5. The van der Waals surface area contributed by atoms with Crippen LogP contribution >= 0.6 is 0 Å². The zero-order valence-electron chi connectivity index (χ0n) is 23.8. The number of nitrogens with zero attached hydrogens (tertiary/aromatic N) is 2. The SMILES string of the molecule is CN1CC[C@]23c4c5cc(-c6cc7c8c(c6O)OC6[C@@H](O)C=C[C@H]9[C@@H](C7)N(C)CC[C@]869)c(O)c4O[C@H]2[C@@H](O)C=C[C@H]3[C@H]1C5. The normalized spacial score (nSPS) is 43.0. The summed E-state index contributed by atoms with van der Waals surface area (Å²) in [5.41, 5.74) is 4.66. The minimum absolute atomic E-state index is 0.0181. The number of piperidine rings is 2. The number of aliphatic hydroxyl groups excluding tert-OH is 2. The second kappa shape index (κ2) is 7.53. The Kier molecular flexibility index (Phi) is 4.38. The van der Waals surface area contributed by atoms with Gasteiger partial charge in [0.2, 0.25) is 0 Å². The molecule has 0 amide bonds. The Bertz CT molecular complexity index is 1550. The largest absolute Gasteiger partial charge is 0.504 e. The Labute approximate surface area is 244 Å². The minimum atomic E-state index is -0.746. The Morgan fingerprint density at radius 2 is 1.12 bits per heavy atom. The maximum absolute atomic E-state index is 11.9. The molecular weight excluding hydrogens is 532 g/mol. The summed E-state index contributed by atoms with van der Waals surface area (Å²) in [6.07, 6.45) is 9.02. The van der Waals surface area contributed by atoms with Crippen molar-refractivity contribution in [3.8, 4) is 34.1 Å². The monoisotopic (exact) mass is 568 g/mol. The van der Waals surface area contributed by atoms with Gasteiger partial charge in [0.05, 0.1) is 0 Å². The summed E-state index contributed by atoms with van der Waals surface area (Å²) >= 11 is 0. The molecule has 0 aromatic heterocycles. The van der Waals surface area contributed by atoms with Crippen molar-refractivity contribution in [2.24, 2.45) is 11.8 Å². The summed E-state index contributed by atoms with van der Waals surface area (Å²) in [7, 11) is 4.35. The van der Waals surface area contributed by atoms with Crippen LogP contribution in [0.3, 0.4) is 0 Å². The molecule has 42 heavy (non-hydrogen) atoms. The second-order valence-corrected chi connectivity index (χ2v) is 14.2. The molecule has 0 saturated carbocycles. The van der Waals surface area contributed by atoms with Crippen LogP contribution in [0.5, 0.6) is 23.0 Å². The van der Waals surface area contributed by atoms with Gasteiger partial charge in [0.25, 0.3) is 0 Å². The highest BCUT2D eigenvalue weighted by molar-refractivity contribution is 5.85. The zero-order chi connectivity index (χ0) is 28.4. The van der Waals surface area contributed by atoms with Gasteiger partial charge in [0.15, 0.2) is 23.0 Å². The van der Waals surface area contributed by atoms with Crippen LogP contribution in [0.4, 0.5) is 0 Å². The van der Waals surface area contributed by atoms with E-state index >= 15 is 0 Å². The maximum Gasteiger partial charge on any atom is 0.166 e. The number of rotatable bonds is 1. The van der Waals surface area contributed by atoms with Crippen LogP contribution in [0, 0.1) is 11.8 Å². The van der Waals surface area contributed by atoms with E-state index in [2.05, 4.69) is 48.2 Å². The number of likely N-dealkylation sites (tertiary alicyclic amines) is 2. The zero-order valence-corrected chi connectivity index (χ0v) is 23.8. The van der Waals surface area contributed by atoms with Gasteiger partial charge in [-0.1, -0.05) is 24.3 Å². The van der Waals surface area contributed by atoms with Crippen molar-refractivity contribution >= 4 is 0 Å². The number of hydrogen-bond acceptors (Lipinski definition) is 8. The molecule has 0 radical (unpaired) electrons. The van der Waals surface area contributed by atoms with Crippen LogP contribution in [0.2, 0.25) is 0 Å². The lowest BCUT2D eigenvalue weighted by atomic mass is 9.53. The van der Waals surface area contributed by atoms with Gasteiger partial charge < -0.3 is 39.7 Å². The molecule has 8 nitrogen and oxygen atoms in total. The standard InChI is InChI=1S/C34H36N2O6/c1-35-9-7-33-19-3-5-23(37)31(33)41-29-25(33)15(13-21(19)35)11-17(27(29)39)18-12-16-14-22-20-4-6-24(38)32-34(20,8-10-36(22)2)26(16)30(42-32)28(18)40/h3-6,11-12,19-24,31-32,37-40H,7-10,13-14H2,1-2H3/t19-,20-,21+,22+,23-,24-,31-,32?,33-,34-/m0/s1. The fraction of sp³-hybridized carbons (Fsp3) is 0.529. The topological polar surface area (TPSA) is 106 Å². The highest BCUT2D eigenvalue weighted by atomic mass is 16.5. The molecule has 4 aliphatic carbocycles. The number of phenolic OH excluding ortho intramolecular Hbond substituents is 2. The van der Waals surface area contributed by atoms with Gasteiger partial charge in [-0.2, -0.15) is 0 Å². The molecule has 2 fully saturated rings. The number of likely N-dealkylation sites (N-methyl/N-ethyl adjacent to an activating group) is 2. The van der Waals surface area contributed by atoms with Crippen LogP contribution in [-0.2, 0) is 23.7 Å². The van der Waals surface area contributed by atoms with E-state index in [1.54, 1.807) is 0 Å². The van der Waals surface area contributed by atoms with E-state index in [9.17, 15) is 20.4 Å². The number of aliphatic hydroxyl groups is 2. The van der Waals surface area contributed by atoms with Gasteiger partial charge in [-0.25, -0.2) is 0 Å². The fourth-order valence-corrected chi connectivity index (χ4v) is 11.0. The lowest BCUT2D eigenvalue weighted by molar-refractivity contribution is -0.0453. The van der Waals surface area contributed by atoms with Crippen LogP contribution in [0.1, 0.15) is 35.1 Å². The van der Waals surface area contributed by atoms with E-state index < -0.39 is 24.4 Å². The molecule has 4 aliphatic heterocycles. The molecule has 2 aromatic rings. The van der Waals surface area contributed by atoms with Gasteiger partial charge in [-0.05, 0) is 76.1 Å². The number of ether oxygens (including phenoxy) is 2. The smallest absolute Gasteiger partial charge is 0.166 e. The van der Waals surface area contributed by atoms with Crippen molar-refractivity contribution in [1.29, 1.82) is 0 Å². The summed E-state index contributed by atoms with van der Waals surface area (Å²) in [6, 6.07) is 4.65. The predicted octanol–water partition coefficient (Wildman–Crippen LogP) is 2.38. The van der Waals surface area contributed by atoms with E-state index in [1.165, 1.54) is 0 Å². The van der Waals surface area contributed by atoms with Crippen molar-refractivity contribution in [2.45, 2.75) is 73.0 Å². The molecule has 4 N–H and O–H groups in total. The Morgan fingerprint density at radius 3 is 1.55 bits per heavy atom. The van der Waals surface area contributed by atoms with E-state index in [1.807, 2.05) is 12.2 Å². The fourth-order valence-electron chi connectivity index (χ4n) is 11.0.